The average Bonchev–Trinajstić information content (AvgIpc) is 2.83. The Morgan fingerprint density at radius 3 is 2.58 bits per heavy atom. The first-order valence-corrected chi connectivity index (χ1v) is 6.42. The van der Waals surface area contributed by atoms with Gasteiger partial charge in [0.15, 0.2) is 0 Å². The summed E-state index contributed by atoms with van der Waals surface area (Å²) >= 11 is 0. The van der Waals surface area contributed by atoms with Crippen molar-refractivity contribution in [3.05, 3.63) is 71.9 Å². The molecule has 0 aliphatic rings. The molecule has 0 bridgehead atoms. The minimum absolute atomic E-state index is 0.479. The Balaban J connectivity index is 1.99. The van der Waals surface area contributed by atoms with Crippen LogP contribution in [0, 0.1) is 0 Å². The summed E-state index contributed by atoms with van der Waals surface area (Å²) in [6.45, 7) is 0.856. The van der Waals surface area contributed by atoms with Gasteiger partial charge in [-0.05, 0) is 28.6 Å². The summed E-state index contributed by atoms with van der Waals surface area (Å²) in [7, 11) is 0. The number of carbonyl (C=O) groups excluding carboxylic acids is 1. The van der Waals surface area contributed by atoms with Gasteiger partial charge in [-0.15, -0.1) is 0 Å². The van der Waals surface area contributed by atoms with Gasteiger partial charge in [0.25, 0.3) is 0 Å². The number of fused-ring (bicyclic) bond motifs is 1. The molecule has 3 aromatic rings. The van der Waals surface area contributed by atoms with Crippen LogP contribution in [0.3, 0.4) is 0 Å². The van der Waals surface area contributed by atoms with Crippen molar-refractivity contribution < 1.29 is 4.79 Å². The molecule has 3 rings (SSSR count). The van der Waals surface area contributed by atoms with Crippen LogP contribution in [-0.4, -0.2) is 10.9 Å². The third-order valence-corrected chi connectivity index (χ3v) is 3.35. The number of rotatable bonds is 4. The highest BCUT2D eigenvalue weighted by molar-refractivity contribution is 5.81. The first-order chi connectivity index (χ1) is 9.36. The van der Waals surface area contributed by atoms with Crippen LogP contribution in [0.15, 0.2) is 60.8 Å². The fourth-order valence-corrected chi connectivity index (χ4v) is 2.37. The molecule has 0 fully saturated rings. The van der Waals surface area contributed by atoms with Crippen molar-refractivity contribution in [2.45, 2.75) is 13.0 Å². The van der Waals surface area contributed by atoms with Gasteiger partial charge in [0.2, 0.25) is 0 Å². The van der Waals surface area contributed by atoms with E-state index in [1.54, 1.807) is 0 Å². The van der Waals surface area contributed by atoms with E-state index in [1.807, 2.05) is 12.1 Å². The second kappa shape index (κ2) is 5.11. The molecule has 2 aromatic carbocycles. The summed E-state index contributed by atoms with van der Waals surface area (Å²) < 4.78 is 2.22. The summed E-state index contributed by atoms with van der Waals surface area (Å²) in [6, 6.07) is 18.7. The van der Waals surface area contributed by atoms with Crippen molar-refractivity contribution in [3.8, 4) is 0 Å². The van der Waals surface area contributed by atoms with E-state index in [2.05, 4.69) is 53.2 Å². The Hall–Kier alpha value is -2.35. The minimum atomic E-state index is 0.479. The molecule has 2 heteroatoms. The van der Waals surface area contributed by atoms with E-state index < -0.39 is 0 Å². The van der Waals surface area contributed by atoms with Crippen molar-refractivity contribution >= 4 is 17.2 Å². The fourth-order valence-electron chi connectivity index (χ4n) is 2.37. The first kappa shape index (κ1) is 11.7. The third-order valence-electron chi connectivity index (χ3n) is 3.35. The van der Waals surface area contributed by atoms with E-state index in [4.69, 9.17) is 0 Å². The molecule has 1 heterocycles. The van der Waals surface area contributed by atoms with Crippen LogP contribution >= 0.6 is 0 Å². The van der Waals surface area contributed by atoms with E-state index in [0.717, 1.165) is 18.4 Å². The molecule has 0 saturated carbocycles. The molecule has 0 aliphatic carbocycles. The molecule has 0 radical (unpaired) electrons. The van der Waals surface area contributed by atoms with Gasteiger partial charge in [0, 0.05) is 24.7 Å². The Kier molecular flexibility index (Phi) is 3.15. The fraction of sp³-hybridized carbons (Fsp3) is 0.118. The maximum Gasteiger partial charge on any atom is 0.124 e. The molecule has 0 saturated heterocycles. The van der Waals surface area contributed by atoms with E-state index in [9.17, 15) is 4.79 Å². The smallest absolute Gasteiger partial charge is 0.124 e. The highest BCUT2D eigenvalue weighted by atomic mass is 16.1. The molecule has 0 spiro atoms. The minimum Gasteiger partial charge on any atom is -0.343 e. The Labute approximate surface area is 112 Å². The monoisotopic (exact) mass is 249 g/mol. The zero-order valence-electron chi connectivity index (χ0n) is 10.6. The molecule has 0 amide bonds. The molecular weight excluding hydrogens is 234 g/mol. The molecular formula is C17H15NO. The SMILES string of the molecule is O=CCc1ccc2ccn(Cc3ccccc3)c2c1. The number of aromatic nitrogens is 1. The third kappa shape index (κ3) is 2.43. The van der Waals surface area contributed by atoms with Gasteiger partial charge in [-0.3, -0.25) is 0 Å². The normalized spacial score (nSPS) is 10.7. The lowest BCUT2D eigenvalue weighted by atomic mass is 10.1. The van der Waals surface area contributed by atoms with E-state index in [-0.39, 0.29) is 0 Å². The molecule has 19 heavy (non-hydrogen) atoms. The summed E-state index contributed by atoms with van der Waals surface area (Å²) in [4.78, 5) is 10.6. The Bertz CT molecular complexity index is 698. The quantitative estimate of drug-likeness (QED) is 0.649. The van der Waals surface area contributed by atoms with Gasteiger partial charge in [-0.2, -0.15) is 0 Å². The molecule has 2 nitrogen and oxygen atoms in total. The summed E-state index contributed by atoms with van der Waals surface area (Å²) in [5, 5.41) is 1.21. The van der Waals surface area contributed by atoms with Crippen molar-refractivity contribution in [2.24, 2.45) is 0 Å². The topological polar surface area (TPSA) is 22.0 Å². The number of aldehydes is 1. The standard InChI is InChI=1S/C17H15NO/c19-11-9-14-6-7-16-8-10-18(17(16)12-14)13-15-4-2-1-3-5-15/h1-8,10-12H,9,13H2. The highest BCUT2D eigenvalue weighted by Gasteiger charge is 2.03. The van der Waals surface area contributed by atoms with Crippen LogP contribution < -0.4 is 0 Å². The van der Waals surface area contributed by atoms with Crippen LogP contribution in [0.4, 0.5) is 0 Å². The second-order valence-electron chi connectivity index (χ2n) is 4.69. The summed E-state index contributed by atoms with van der Waals surface area (Å²) in [5.74, 6) is 0. The van der Waals surface area contributed by atoms with Crippen LogP contribution in [0.2, 0.25) is 0 Å². The Morgan fingerprint density at radius 1 is 0.947 bits per heavy atom. The van der Waals surface area contributed by atoms with Gasteiger partial charge >= 0.3 is 0 Å². The van der Waals surface area contributed by atoms with Crippen molar-refractivity contribution in [3.63, 3.8) is 0 Å². The molecule has 94 valence electrons. The zero-order chi connectivity index (χ0) is 13.1. The van der Waals surface area contributed by atoms with Gasteiger partial charge in [0.1, 0.15) is 6.29 Å². The van der Waals surface area contributed by atoms with Crippen molar-refractivity contribution in [2.75, 3.05) is 0 Å². The van der Waals surface area contributed by atoms with Crippen LogP contribution in [-0.2, 0) is 17.8 Å². The molecule has 1 aromatic heterocycles. The van der Waals surface area contributed by atoms with E-state index in [0.29, 0.717) is 6.42 Å². The molecule has 0 atom stereocenters. The maximum atomic E-state index is 10.6. The predicted octanol–water partition coefficient (Wildman–Crippen LogP) is 3.43. The lowest BCUT2D eigenvalue weighted by molar-refractivity contribution is -0.107. The van der Waals surface area contributed by atoms with Gasteiger partial charge < -0.3 is 9.36 Å². The average molecular weight is 249 g/mol. The van der Waals surface area contributed by atoms with Crippen molar-refractivity contribution in [1.29, 1.82) is 0 Å². The van der Waals surface area contributed by atoms with Crippen LogP contribution in [0.5, 0.6) is 0 Å². The summed E-state index contributed by atoms with van der Waals surface area (Å²) in [6.07, 6.45) is 3.53. The summed E-state index contributed by atoms with van der Waals surface area (Å²) in [5.41, 5.74) is 3.53. The lowest BCUT2D eigenvalue weighted by Gasteiger charge is -2.06. The number of hydrogen-bond donors (Lipinski definition) is 0. The number of carbonyl (C=O) groups is 1. The first-order valence-electron chi connectivity index (χ1n) is 6.42. The predicted molar refractivity (Wildman–Crippen MR) is 77.3 cm³/mol. The van der Waals surface area contributed by atoms with Gasteiger partial charge in [0.05, 0.1) is 0 Å². The zero-order valence-corrected chi connectivity index (χ0v) is 10.6. The van der Waals surface area contributed by atoms with E-state index in [1.165, 1.54) is 16.5 Å². The second-order valence-corrected chi connectivity index (χ2v) is 4.69. The number of hydrogen-bond acceptors (Lipinski definition) is 1. The lowest BCUT2D eigenvalue weighted by Crippen LogP contribution is -1.98. The molecule has 0 aliphatic heterocycles. The van der Waals surface area contributed by atoms with E-state index >= 15 is 0 Å². The van der Waals surface area contributed by atoms with Gasteiger partial charge in [-0.25, -0.2) is 0 Å². The molecule has 0 unspecified atom stereocenters. The van der Waals surface area contributed by atoms with Gasteiger partial charge in [-0.1, -0.05) is 42.5 Å². The van der Waals surface area contributed by atoms with Crippen LogP contribution in [0.25, 0.3) is 10.9 Å². The largest absolute Gasteiger partial charge is 0.343 e. The number of nitrogens with zero attached hydrogens (tertiary/aromatic N) is 1. The van der Waals surface area contributed by atoms with Crippen LogP contribution in [0.1, 0.15) is 11.1 Å². The Morgan fingerprint density at radius 2 is 1.79 bits per heavy atom. The number of benzene rings is 2. The maximum absolute atomic E-state index is 10.6. The highest BCUT2D eigenvalue weighted by Crippen LogP contribution is 2.19. The molecule has 0 N–H and O–H groups in total. The van der Waals surface area contributed by atoms with Crippen molar-refractivity contribution in [1.82, 2.24) is 4.57 Å².